The number of rotatable bonds is 7. The number of thioether (sulfide) groups is 1. The smallest absolute Gasteiger partial charge is 0.0624 e. The summed E-state index contributed by atoms with van der Waals surface area (Å²) in [6.07, 6.45) is 6.09. The van der Waals surface area contributed by atoms with E-state index in [-0.39, 0.29) is 0 Å². The molecule has 1 aromatic rings. The van der Waals surface area contributed by atoms with Crippen LogP contribution in [0.1, 0.15) is 44.5 Å². The minimum Gasteiger partial charge on any atom is -0.312 e. The van der Waals surface area contributed by atoms with Gasteiger partial charge in [0.25, 0.3) is 0 Å². The van der Waals surface area contributed by atoms with Crippen molar-refractivity contribution >= 4 is 11.8 Å². The normalized spacial score (nSPS) is 20.9. The summed E-state index contributed by atoms with van der Waals surface area (Å²) >= 11 is 2.15. The van der Waals surface area contributed by atoms with Crippen LogP contribution in [0.4, 0.5) is 0 Å². The molecular weight excluding hydrogens is 254 g/mol. The first-order chi connectivity index (χ1) is 9.24. The Kier molecular flexibility index (Phi) is 5.76. The van der Waals surface area contributed by atoms with E-state index in [2.05, 4.69) is 53.8 Å². The monoisotopic (exact) mass is 281 g/mol. The molecule has 1 aromatic heterocycles. The first-order valence-corrected chi connectivity index (χ1v) is 8.66. The molecule has 1 saturated heterocycles. The molecule has 1 fully saturated rings. The standard InChI is InChI=1S/C15H27N3S/c1-4-8-16-14(15-7-6-9-19-15)11-13-10-12(5-2)17-18(13)3/h10,14-16H,4-9,11H2,1-3H3. The predicted octanol–water partition coefficient (Wildman–Crippen LogP) is 2.79. The van der Waals surface area contributed by atoms with Crippen molar-refractivity contribution in [1.82, 2.24) is 15.1 Å². The van der Waals surface area contributed by atoms with Crippen molar-refractivity contribution in [3.05, 3.63) is 17.5 Å². The minimum absolute atomic E-state index is 0.604. The Morgan fingerprint density at radius 1 is 1.53 bits per heavy atom. The molecule has 0 bridgehead atoms. The molecule has 0 amide bonds. The Labute approximate surface area is 121 Å². The molecule has 0 aromatic carbocycles. The van der Waals surface area contributed by atoms with Crippen LogP contribution in [0.3, 0.4) is 0 Å². The number of hydrogen-bond donors (Lipinski definition) is 1. The Morgan fingerprint density at radius 2 is 2.37 bits per heavy atom. The molecule has 1 aliphatic heterocycles. The molecule has 2 unspecified atom stereocenters. The highest BCUT2D eigenvalue weighted by molar-refractivity contribution is 8.00. The van der Waals surface area contributed by atoms with E-state index in [0.717, 1.165) is 24.6 Å². The second-order valence-electron chi connectivity index (χ2n) is 5.42. The van der Waals surface area contributed by atoms with Gasteiger partial charge in [-0.15, -0.1) is 0 Å². The van der Waals surface area contributed by atoms with Gasteiger partial charge < -0.3 is 5.32 Å². The van der Waals surface area contributed by atoms with Crippen LogP contribution in [-0.2, 0) is 19.9 Å². The molecule has 1 N–H and O–H groups in total. The maximum absolute atomic E-state index is 4.57. The minimum atomic E-state index is 0.604. The van der Waals surface area contributed by atoms with E-state index in [0.29, 0.717) is 6.04 Å². The zero-order chi connectivity index (χ0) is 13.7. The summed E-state index contributed by atoms with van der Waals surface area (Å²) < 4.78 is 2.07. The van der Waals surface area contributed by atoms with Crippen molar-refractivity contribution in [2.75, 3.05) is 12.3 Å². The van der Waals surface area contributed by atoms with Crippen LogP contribution in [0.2, 0.25) is 0 Å². The lowest BCUT2D eigenvalue weighted by molar-refractivity contribution is 0.470. The lowest BCUT2D eigenvalue weighted by atomic mass is 10.0. The molecule has 0 spiro atoms. The van der Waals surface area contributed by atoms with Gasteiger partial charge in [0.15, 0.2) is 0 Å². The zero-order valence-corrected chi connectivity index (χ0v) is 13.3. The maximum Gasteiger partial charge on any atom is 0.0624 e. The number of nitrogens with zero attached hydrogens (tertiary/aromatic N) is 2. The van der Waals surface area contributed by atoms with Crippen molar-refractivity contribution in [1.29, 1.82) is 0 Å². The van der Waals surface area contributed by atoms with Crippen molar-refractivity contribution in [3.8, 4) is 0 Å². The summed E-state index contributed by atoms with van der Waals surface area (Å²) in [7, 11) is 2.08. The van der Waals surface area contributed by atoms with E-state index in [1.807, 2.05) is 0 Å². The fourth-order valence-electron chi connectivity index (χ4n) is 2.75. The predicted molar refractivity (Wildman–Crippen MR) is 83.9 cm³/mol. The third-order valence-corrected chi connectivity index (χ3v) is 5.41. The molecular formula is C15H27N3S. The second-order valence-corrected chi connectivity index (χ2v) is 6.77. The van der Waals surface area contributed by atoms with Crippen LogP contribution >= 0.6 is 11.8 Å². The number of aromatic nitrogens is 2. The van der Waals surface area contributed by atoms with Gasteiger partial charge in [0, 0.05) is 30.5 Å². The quantitative estimate of drug-likeness (QED) is 0.833. The lowest BCUT2D eigenvalue weighted by Crippen LogP contribution is -2.39. The van der Waals surface area contributed by atoms with E-state index in [9.17, 15) is 0 Å². The van der Waals surface area contributed by atoms with Crippen molar-refractivity contribution < 1.29 is 0 Å². The molecule has 2 atom stereocenters. The van der Waals surface area contributed by atoms with Crippen LogP contribution in [-0.4, -0.2) is 33.4 Å². The SMILES string of the molecule is CCCNC(Cc1cc(CC)nn1C)C1CCCS1. The van der Waals surface area contributed by atoms with E-state index >= 15 is 0 Å². The topological polar surface area (TPSA) is 29.9 Å². The van der Waals surface area contributed by atoms with Gasteiger partial charge in [0.2, 0.25) is 0 Å². The highest BCUT2D eigenvalue weighted by Gasteiger charge is 2.26. The average molecular weight is 281 g/mol. The van der Waals surface area contributed by atoms with Crippen LogP contribution in [0.5, 0.6) is 0 Å². The van der Waals surface area contributed by atoms with Gasteiger partial charge in [-0.25, -0.2) is 0 Å². The van der Waals surface area contributed by atoms with Gasteiger partial charge in [-0.05, 0) is 44.0 Å². The van der Waals surface area contributed by atoms with Crippen molar-refractivity contribution in [2.24, 2.45) is 7.05 Å². The Hall–Kier alpha value is -0.480. The van der Waals surface area contributed by atoms with Gasteiger partial charge in [0.1, 0.15) is 0 Å². The molecule has 3 nitrogen and oxygen atoms in total. The number of nitrogens with one attached hydrogen (secondary N) is 1. The Morgan fingerprint density at radius 3 is 2.95 bits per heavy atom. The fourth-order valence-corrected chi connectivity index (χ4v) is 4.14. The van der Waals surface area contributed by atoms with Gasteiger partial charge >= 0.3 is 0 Å². The van der Waals surface area contributed by atoms with Gasteiger partial charge in [-0.3, -0.25) is 4.68 Å². The van der Waals surface area contributed by atoms with E-state index < -0.39 is 0 Å². The van der Waals surface area contributed by atoms with Crippen LogP contribution < -0.4 is 5.32 Å². The lowest BCUT2D eigenvalue weighted by Gasteiger charge is -2.24. The Balaban J connectivity index is 2.02. The van der Waals surface area contributed by atoms with Crippen LogP contribution in [0, 0.1) is 0 Å². The van der Waals surface area contributed by atoms with Crippen molar-refractivity contribution in [2.45, 2.75) is 57.2 Å². The third kappa shape index (κ3) is 3.99. The highest BCUT2D eigenvalue weighted by atomic mass is 32.2. The molecule has 0 saturated carbocycles. The summed E-state index contributed by atoms with van der Waals surface area (Å²) in [5.41, 5.74) is 2.59. The summed E-state index contributed by atoms with van der Waals surface area (Å²) in [6.45, 7) is 5.54. The fraction of sp³-hybridized carbons (Fsp3) is 0.800. The first kappa shape index (κ1) is 14.9. The molecule has 1 aliphatic rings. The van der Waals surface area contributed by atoms with E-state index in [1.54, 1.807) is 0 Å². The highest BCUT2D eigenvalue weighted by Crippen LogP contribution is 2.30. The number of aryl methyl sites for hydroxylation is 2. The van der Waals surface area contributed by atoms with Gasteiger partial charge in [-0.2, -0.15) is 16.9 Å². The molecule has 108 valence electrons. The molecule has 2 rings (SSSR count). The molecule has 0 radical (unpaired) electrons. The molecule has 2 heterocycles. The summed E-state index contributed by atoms with van der Waals surface area (Å²) in [5.74, 6) is 1.33. The van der Waals surface area contributed by atoms with E-state index in [1.165, 1.54) is 36.4 Å². The van der Waals surface area contributed by atoms with Gasteiger partial charge in [-0.1, -0.05) is 13.8 Å². The average Bonchev–Trinajstić information content (AvgIpc) is 3.04. The molecule has 0 aliphatic carbocycles. The molecule has 4 heteroatoms. The summed E-state index contributed by atoms with van der Waals surface area (Å²) in [6, 6.07) is 2.88. The van der Waals surface area contributed by atoms with Gasteiger partial charge in [0.05, 0.1) is 5.69 Å². The largest absolute Gasteiger partial charge is 0.312 e. The van der Waals surface area contributed by atoms with Crippen LogP contribution in [0.15, 0.2) is 6.07 Å². The molecule has 19 heavy (non-hydrogen) atoms. The number of hydrogen-bond acceptors (Lipinski definition) is 3. The van der Waals surface area contributed by atoms with Crippen molar-refractivity contribution in [3.63, 3.8) is 0 Å². The summed E-state index contributed by atoms with van der Waals surface area (Å²) in [4.78, 5) is 0. The van der Waals surface area contributed by atoms with Crippen LogP contribution in [0.25, 0.3) is 0 Å². The third-order valence-electron chi connectivity index (χ3n) is 3.89. The van der Waals surface area contributed by atoms with E-state index in [4.69, 9.17) is 0 Å². The zero-order valence-electron chi connectivity index (χ0n) is 12.5. The second kappa shape index (κ2) is 7.34. The first-order valence-electron chi connectivity index (χ1n) is 7.61. The summed E-state index contributed by atoms with van der Waals surface area (Å²) in [5, 5.41) is 9.11. The maximum atomic E-state index is 4.57. The Bertz CT molecular complexity index is 383.